The van der Waals surface area contributed by atoms with Gasteiger partial charge in [-0.1, -0.05) is 60.7 Å². The van der Waals surface area contributed by atoms with Crippen molar-refractivity contribution >= 4 is 11.9 Å². The summed E-state index contributed by atoms with van der Waals surface area (Å²) < 4.78 is 9.49. The van der Waals surface area contributed by atoms with Crippen LogP contribution < -0.4 is 0 Å². The van der Waals surface area contributed by atoms with Gasteiger partial charge in [-0.25, -0.2) is 0 Å². The topological polar surface area (TPSA) is 52.6 Å². The Hall–Kier alpha value is -2.88. The van der Waals surface area contributed by atoms with Crippen LogP contribution in [-0.4, -0.2) is 26.2 Å². The Morgan fingerprint density at radius 1 is 0.875 bits per heavy atom. The van der Waals surface area contributed by atoms with Crippen molar-refractivity contribution in [1.29, 1.82) is 0 Å². The number of carbonyl (C=O) groups excluding carboxylic acids is 2. The molecule has 4 heteroatoms. The lowest BCUT2D eigenvalue weighted by atomic mass is 9.85. The molecular formula is C20H20O4. The lowest BCUT2D eigenvalue weighted by Crippen LogP contribution is -2.31. The Balaban J connectivity index is 2.34. The zero-order chi connectivity index (χ0) is 17.5. The first-order chi connectivity index (χ1) is 11.6. The fourth-order valence-corrected chi connectivity index (χ4v) is 2.64. The molecule has 1 unspecified atom stereocenters. The van der Waals surface area contributed by atoms with E-state index in [9.17, 15) is 9.59 Å². The van der Waals surface area contributed by atoms with Crippen LogP contribution in [0.1, 0.15) is 11.5 Å². The Morgan fingerprint density at radius 2 is 1.38 bits per heavy atom. The molecule has 0 bridgehead atoms. The fourth-order valence-electron chi connectivity index (χ4n) is 2.64. The van der Waals surface area contributed by atoms with Crippen LogP contribution in [0.15, 0.2) is 67.3 Å². The summed E-state index contributed by atoms with van der Waals surface area (Å²) >= 11 is 0. The monoisotopic (exact) mass is 324 g/mol. The highest BCUT2D eigenvalue weighted by Gasteiger charge is 2.36. The summed E-state index contributed by atoms with van der Waals surface area (Å²) in [6, 6.07) is 17.6. The van der Waals surface area contributed by atoms with E-state index in [1.165, 1.54) is 14.2 Å². The highest BCUT2D eigenvalue weighted by Crippen LogP contribution is 2.30. The highest BCUT2D eigenvalue weighted by molar-refractivity contribution is 5.96. The van der Waals surface area contributed by atoms with Crippen molar-refractivity contribution in [3.8, 4) is 11.1 Å². The second-order valence-corrected chi connectivity index (χ2v) is 5.27. The summed E-state index contributed by atoms with van der Waals surface area (Å²) in [6.07, 6.45) is 1.57. The largest absolute Gasteiger partial charge is 0.468 e. The molecule has 2 aromatic carbocycles. The van der Waals surface area contributed by atoms with E-state index in [1.54, 1.807) is 6.08 Å². The van der Waals surface area contributed by atoms with Gasteiger partial charge in [0.15, 0.2) is 5.92 Å². The normalized spacial score (nSPS) is 11.6. The minimum atomic E-state index is -1.07. The lowest BCUT2D eigenvalue weighted by Gasteiger charge is -2.21. The van der Waals surface area contributed by atoms with Gasteiger partial charge >= 0.3 is 11.9 Å². The van der Waals surface area contributed by atoms with Crippen LogP contribution in [0.3, 0.4) is 0 Å². The van der Waals surface area contributed by atoms with Crippen LogP contribution in [0.4, 0.5) is 0 Å². The van der Waals surface area contributed by atoms with E-state index >= 15 is 0 Å². The zero-order valence-electron chi connectivity index (χ0n) is 13.8. The quantitative estimate of drug-likeness (QED) is 0.463. The van der Waals surface area contributed by atoms with Crippen LogP contribution in [0.5, 0.6) is 0 Å². The summed E-state index contributed by atoms with van der Waals surface area (Å²) in [6.45, 7) is 3.76. The summed E-state index contributed by atoms with van der Waals surface area (Å²) in [4.78, 5) is 24.0. The molecule has 0 amide bonds. The molecular weight excluding hydrogens is 304 g/mol. The van der Waals surface area contributed by atoms with Crippen molar-refractivity contribution in [3.63, 3.8) is 0 Å². The maximum atomic E-state index is 12.0. The fraction of sp³-hybridized carbons (Fsp3) is 0.200. The number of hydrogen-bond donors (Lipinski definition) is 0. The number of esters is 2. The van der Waals surface area contributed by atoms with Crippen LogP contribution in [0.25, 0.3) is 11.1 Å². The molecule has 1 atom stereocenters. The smallest absolute Gasteiger partial charge is 0.321 e. The molecule has 0 aromatic heterocycles. The molecule has 0 N–H and O–H groups in total. The number of methoxy groups -OCH3 is 2. The Labute approximate surface area is 141 Å². The van der Waals surface area contributed by atoms with Crippen molar-refractivity contribution in [2.45, 2.75) is 5.92 Å². The second kappa shape index (κ2) is 8.11. The van der Waals surface area contributed by atoms with Crippen molar-refractivity contribution in [3.05, 3.63) is 72.8 Å². The van der Waals surface area contributed by atoms with Crippen LogP contribution in [-0.2, 0) is 19.1 Å². The first kappa shape index (κ1) is 17.5. The standard InChI is InChI=1S/C20H20O4/c1-4-17(18(19(21)23-2)20(22)24-3)16-12-10-15(11-13-16)14-8-6-5-7-9-14/h4-13,17-18H,1H2,2-3H3. The predicted molar refractivity (Wildman–Crippen MR) is 92.3 cm³/mol. The molecule has 2 aromatic rings. The summed E-state index contributed by atoms with van der Waals surface area (Å²) in [7, 11) is 2.49. The van der Waals surface area contributed by atoms with Crippen molar-refractivity contribution in [2.75, 3.05) is 14.2 Å². The number of allylic oxidation sites excluding steroid dienone is 1. The summed E-state index contributed by atoms with van der Waals surface area (Å²) in [5.41, 5.74) is 2.94. The molecule has 0 aliphatic carbocycles. The minimum absolute atomic E-state index is 0.519. The molecule has 0 saturated heterocycles. The van der Waals surface area contributed by atoms with Gasteiger partial charge in [-0.3, -0.25) is 9.59 Å². The molecule has 0 heterocycles. The maximum Gasteiger partial charge on any atom is 0.321 e. The van der Waals surface area contributed by atoms with Gasteiger partial charge in [0.1, 0.15) is 0 Å². The number of benzene rings is 2. The van der Waals surface area contributed by atoms with E-state index in [2.05, 4.69) is 6.58 Å². The highest BCUT2D eigenvalue weighted by atomic mass is 16.5. The van der Waals surface area contributed by atoms with Gasteiger partial charge in [0.05, 0.1) is 14.2 Å². The number of hydrogen-bond acceptors (Lipinski definition) is 4. The molecule has 4 nitrogen and oxygen atoms in total. The summed E-state index contributed by atoms with van der Waals surface area (Å²) in [5.74, 6) is -2.87. The second-order valence-electron chi connectivity index (χ2n) is 5.27. The number of carbonyl (C=O) groups is 2. The molecule has 0 aliphatic heterocycles. The average molecular weight is 324 g/mol. The summed E-state index contributed by atoms with van der Waals surface area (Å²) in [5, 5.41) is 0. The molecule has 0 saturated carbocycles. The zero-order valence-corrected chi connectivity index (χ0v) is 13.8. The third-order valence-corrected chi connectivity index (χ3v) is 3.93. The van der Waals surface area contributed by atoms with E-state index in [0.717, 1.165) is 16.7 Å². The van der Waals surface area contributed by atoms with Gasteiger partial charge in [-0.15, -0.1) is 6.58 Å². The Kier molecular flexibility index (Phi) is 5.90. The third-order valence-electron chi connectivity index (χ3n) is 3.93. The van der Waals surface area contributed by atoms with E-state index in [0.29, 0.717) is 0 Å². The van der Waals surface area contributed by atoms with Gasteiger partial charge in [0.2, 0.25) is 0 Å². The number of ether oxygens (including phenoxy) is 2. The molecule has 2 rings (SSSR count). The Bertz CT molecular complexity index is 688. The van der Waals surface area contributed by atoms with E-state index in [4.69, 9.17) is 9.47 Å². The van der Waals surface area contributed by atoms with E-state index < -0.39 is 23.8 Å². The SMILES string of the molecule is C=CC(c1ccc(-c2ccccc2)cc1)C(C(=O)OC)C(=O)OC. The maximum absolute atomic E-state index is 12.0. The molecule has 24 heavy (non-hydrogen) atoms. The van der Waals surface area contributed by atoms with Gasteiger partial charge in [0.25, 0.3) is 0 Å². The molecule has 0 fully saturated rings. The van der Waals surface area contributed by atoms with Gasteiger partial charge in [-0.05, 0) is 16.7 Å². The first-order valence-corrected chi connectivity index (χ1v) is 7.56. The van der Waals surface area contributed by atoms with E-state index in [-0.39, 0.29) is 0 Å². The van der Waals surface area contributed by atoms with Crippen molar-refractivity contribution in [1.82, 2.24) is 0 Å². The van der Waals surface area contributed by atoms with Gasteiger partial charge < -0.3 is 9.47 Å². The average Bonchev–Trinajstić information content (AvgIpc) is 2.65. The molecule has 0 radical (unpaired) electrons. The van der Waals surface area contributed by atoms with Crippen LogP contribution in [0, 0.1) is 5.92 Å². The Morgan fingerprint density at radius 3 is 1.83 bits per heavy atom. The van der Waals surface area contributed by atoms with Crippen LogP contribution in [0.2, 0.25) is 0 Å². The minimum Gasteiger partial charge on any atom is -0.468 e. The van der Waals surface area contributed by atoms with Gasteiger partial charge in [0, 0.05) is 5.92 Å². The van der Waals surface area contributed by atoms with Crippen LogP contribution >= 0.6 is 0 Å². The molecule has 0 spiro atoms. The predicted octanol–water partition coefficient (Wildman–Crippen LogP) is 3.59. The first-order valence-electron chi connectivity index (χ1n) is 7.56. The molecule has 0 aliphatic rings. The van der Waals surface area contributed by atoms with Crippen molar-refractivity contribution < 1.29 is 19.1 Å². The molecule has 124 valence electrons. The third kappa shape index (κ3) is 3.71. The van der Waals surface area contributed by atoms with E-state index in [1.807, 2.05) is 54.6 Å². The number of rotatable bonds is 6. The van der Waals surface area contributed by atoms with Gasteiger partial charge in [-0.2, -0.15) is 0 Å². The van der Waals surface area contributed by atoms with Crippen molar-refractivity contribution in [2.24, 2.45) is 5.92 Å². The lowest BCUT2D eigenvalue weighted by molar-refractivity contribution is -0.159.